The van der Waals surface area contributed by atoms with Crippen LogP contribution >= 0.6 is 0 Å². The topological polar surface area (TPSA) is 76.0 Å². The van der Waals surface area contributed by atoms with Gasteiger partial charge in [-0.1, -0.05) is 61.9 Å². The number of aryl methyl sites for hydroxylation is 1. The molecule has 2 aliphatic rings. The molecule has 1 aliphatic heterocycles. The molecule has 0 saturated heterocycles. The first kappa shape index (κ1) is 20.2. The minimum absolute atomic E-state index is 0.129. The highest BCUT2D eigenvalue weighted by molar-refractivity contribution is 6.08. The average Bonchev–Trinajstić information content (AvgIpc) is 3.17. The smallest absolute Gasteiger partial charge is 0.261 e. The SMILES string of the molecule is Cc1ccc(NC(=O)c2cnn3c2NC2=C(C(=O)CC(C)(C)C2)C3c2ccccc2)cc1. The van der Waals surface area contributed by atoms with Crippen LogP contribution in [-0.2, 0) is 4.79 Å². The van der Waals surface area contributed by atoms with E-state index in [1.54, 1.807) is 10.9 Å². The summed E-state index contributed by atoms with van der Waals surface area (Å²) in [6.07, 6.45) is 2.81. The Bertz CT molecular complexity index is 1240. The monoisotopic (exact) mass is 426 g/mol. The van der Waals surface area contributed by atoms with Gasteiger partial charge in [-0.25, -0.2) is 4.68 Å². The summed E-state index contributed by atoms with van der Waals surface area (Å²) in [6, 6.07) is 17.2. The fraction of sp³-hybridized carbons (Fsp3) is 0.269. The average molecular weight is 427 g/mol. The molecule has 5 rings (SSSR count). The van der Waals surface area contributed by atoms with Crippen LogP contribution in [0.25, 0.3) is 0 Å². The van der Waals surface area contributed by atoms with Gasteiger partial charge in [0, 0.05) is 23.4 Å². The molecule has 2 aromatic carbocycles. The van der Waals surface area contributed by atoms with Crippen molar-refractivity contribution < 1.29 is 9.59 Å². The van der Waals surface area contributed by atoms with Gasteiger partial charge in [0.2, 0.25) is 0 Å². The number of anilines is 2. The Labute approximate surface area is 187 Å². The van der Waals surface area contributed by atoms with E-state index in [0.29, 0.717) is 17.8 Å². The summed E-state index contributed by atoms with van der Waals surface area (Å²) < 4.78 is 1.77. The van der Waals surface area contributed by atoms with Crippen LogP contribution in [0.15, 0.2) is 72.1 Å². The normalized spacial score (nSPS) is 19.1. The molecule has 32 heavy (non-hydrogen) atoms. The molecule has 0 radical (unpaired) electrons. The Balaban J connectivity index is 1.58. The lowest BCUT2D eigenvalue weighted by Crippen LogP contribution is -2.36. The van der Waals surface area contributed by atoms with Crippen molar-refractivity contribution in [2.75, 3.05) is 10.6 Å². The van der Waals surface area contributed by atoms with E-state index >= 15 is 0 Å². The van der Waals surface area contributed by atoms with Crippen LogP contribution in [0.4, 0.5) is 11.5 Å². The third-order valence-electron chi connectivity index (χ3n) is 6.17. The Morgan fingerprint density at radius 3 is 2.53 bits per heavy atom. The number of carbonyl (C=O) groups is 2. The second kappa shape index (κ2) is 7.48. The van der Waals surface area contributed by atoms with Gasteiger partial charge in [0.05, 0.1) is 6.20 Å². The molecule has 2 heterocycles. The van der Waals surface area contributed by atoms with Gasteiger partial charge in [-0.2, -0.15) is 5.10 Å². The molecule has 6 heteroatoms. The van der Waals surface area contributed by atoms with Crippen molar-refractivity contribution in [1.29, 1.82) is 0 Å². The molecule has 0 bridgehead atoms. The number of amides is 1. The van der Waals surface area contributed by atoms with Crippen LogP contribution in [0.2, 0.25) is 0 Å². The van der Waals surface area contributed by atoms with Gasteiger partial charge in [-0.05, 0) is 36.5 Å². The van der Waals surface area contributed by atoms with Crippen LogP contribution in [0.3, 0.4) is 0 Å². The van der Waals surface area contributed by atoms with Crippen LogP contribution in [-0.4, -0.2) is 21.5 Å². The number of aromatic nitrogens is 2. The molecular formula is C26H26N4O2. The van der Waals surface area contributed by atoms with Crippen molar-refractivity contribution in [3.05, 3.63) is 88.8 Å². The zero-order valence-corrected chi connectivity index (χ0v) is 18.5. The molecule has 1 aromatic heterocycles. The zero-order chi connectivity index (χ0) is 22.5. The van der Waals surface area contributed by atoms with Crippen molar-refractivity contribution in [1.82, 2.24) is 9.78 Å². The summed E-state index contributed by atoms with van der Waals surface area (Å²) in [6.45, 7) is 6.21. The predicted octanol–water partition coefficient (Wildman–Crippen LogP) is 5.10. The number of ketones is 1. The van der Waals surface area contributed by atoms with E-state index in [4.69, 9.17) is 0 Å². The quantitative estimate of drug-likeness (QED) is 0.611. The first-order chi connectivity index (χ1) is 15.3. The van der Waals surface area contributed by atoms with Crippen LogP contribution in [0.1, 0.15) is 54.2 Å². The predicted molar refractivity (Wildman–Crippen MR) is 125 cm³/mol. The van der Waals surface area contributed by atoms with Gasteiger partial charge in [-0.15, -0.1) is 0 Å². The van der Waals surface area contributed by atoms with Crippen LogP contribution in [0, 0.1) is 12.3 Å². The molecule has 1 atom stereocenters. The van der Waals surface area contributed by atoms with Gasteiger partial charge in [0.15, 0.2) is 5.78 Å². The van der Waals surface area contributed by atoms with E-state index in [9.17, 15) is 9.59 Å². The standard InChI is InChI=1S/C26H26N4O2/c1-16-9-11-18(12-10-16)28-25(32)19-15-27-30-23(17-7-5-4-6-8-17)22-20(29-24(19)30)13-26(2,3)14-21(22)31/h4-12,15,23,29H,13-14H2,1-3H3,(H,28,32). The summed E-state index contributed by atoms with van der Waals surface area (Å²) in [5.74, 6) is 0.511. The highest BCUT2D eigenvalue weighted by Gasteiger charge is 2.42. The molecule has 162 valence electrons. The molecule has 1 unspecified atom stereocenters. The van der Waals surface area contributed by atoms with Gasteiger partial charge >= 0.3 is 0 Å². The Hall–Kier alpha value is -3.67. The Morgan fingerprint density at radius 1 is 1.09 bits per heavy atom. The number of hydrogen-bond acceptors (Lipinski definition) is 4. The second-order valence-corrected chi connectivity index (χ2v) is 9.44. The molecule has 3 aromatic rings. The third kappa shape index (κ3) is 3.51. The number of hydrogen-bond donors (Lipinski definition) is 2. The van der Waals surface area contributed by atoms with Crippen molar-refractivity contribution in [2.45, 2.75) is 39.7 Å². The lowest BCUT2D eigenvalue weighted by atomic mass is 9.73. The van der Waals surface area contributed by atoms with E-state index in [-0.39, 0.29) is 23.1 Å². The molecule has 1 aliphatic carbocycles. The van der Waals surface area contributed by atoms with E-state index in [2.05, 4.69) is 29.6 Å². The van der Waals surface area contributed by atoms with Gasteiger partial charge in [-0.3, -0.25) is 9.59 Å². The van der Waals surface area contributed by atoms with Crippen LogP contribution < -0.4 is 10.6 Å². The summed E-state index contributed by atoms with van der Waals surface area (Å²) >= 11 is 0. The minimum atomic E-state index is -0.355. The van der Waals surface area contributed by atoms with Gasteiger partial charge in [0.25, 0.3) is 5.91 Å². The molecular weight excluding hydrogens is 400 g/mol. The summed E-state index contributed by atoms with van der Waals surface area (Å²) in [5, 5.41) is 10.9. The Kier molecular flexibility index (Phi) is 4.73. The molecule has 6 nitrogen and oxygen atoms in total. The fourth-order valence-electron chi connectivity index (χ4n) is 4.66. The molecule has 0 spiro atoms. The summed E-state index contributed by atoms with van der Waals surface area (Å²) in [4.78, 5) is 26.4. The van der Waals surface area contributed by atoms with E-state index in [1.165, 1.54) is 0 Å². The number of nitrogens with zero attached hydrogens (tertiary/aromatic N) is 2. The number of rotatable bonds is 3. The van der Waals surface area contributed by atoms with Gasteiger partial charge in [0.1, 0.15) is 17.4 Å². The van der Waals surface area contributed by atoms with Crippen LogP contribution in [0.5, 0.6) is 0 Å². The maximum Gasteiger partial charge on any atom is 0.261 e. The van der Waals surface area contributed by atoms with Crippen molar-refractivity contribution in [3.63, 3.8) is 0 Å². The largest absolute Gasteiger partial charge is 0.343 e. The third-order valence-corrected chi connectivity index (χ3v) is 6.17. The Morgan fingerprint density at radius 2 is 1.81 bits per heavy atom. The minimum Gasteiger partial charge on any atom is -0.343 e. The number of Topliss-reactive ketones (excluding diaryl/α,β-unsaturated/α-hetero) is 1. The summed E-state index contributed by atoms with van der Waals surface area (Å²) in [5.41, 5.74) is 4.77. The molecule has 2 N–H and O–H groups in total. The maximum absolute atomic E-state index is 13.2. The highest BCUT2D eigenvalue weighted by Crippen LogP contribution is 2.46. The van der Waals surface area contributed by atoms with E-state index in [1.807, 2.05) is 61.5 Å². The van der Waals surface area contributed by atoms with E-state index < -0.39 is 0 Å². The first-order valence-electron chi connectivity index (χ1n) is 10.9. The maximum atomic E-state index is 13.2. The first-order valence-corrected chi connectivity index (χ1v) is 10.9. The second-order valence-electron chi connectivity index (χ2n) is 9.44. The zero-order valence-electron chi connectivity index (χ0n) is 18.5. The van der Waals surface area contributed by atoms with Crippen molar-refractivity contribution in [3.8, 4) is 0 Å². The fourth-order valence-corrected chi connectivity index (χ4v) is 4.66. The number of carbonyl (C=O) groups excluding carboxylic acids is 2. The highest BCUT2D eigenvalue weighted by atomic mass is 16.1. The molecule has 1 amide bonds. The summed E-state index contributed by atoms with van der Waals surface area (Å²) in [7, 11) is 0. The molecule has 0 saturated carbocycles. The number of allylic oxidation sites excluding steroid dienone is 2. The number of benzene rings is 2. The lowest BCUT2D eigenvalue weighted by molar-refractivity contribution is -0.118. The molecule has 0 fully saturated rings. The van der Waals surface area contributed by atoms with Crippen molar-refractivity contribution in [2.24, 2.45) is 5.41 Å². The van der Waals surface area contributed by atoms with E-state index in [0.717, 1.165) is 34.5 Å². The number of fused-ring (bicyclic) bond motifs is 1. The number of nitrogens with one attached hydrogen (secondary N) is 2. The lowest BCUT2D eigenvalue weighted by Gasteiger charge is -2.39. The van der Waals surface area contributed by atoms with Crippen molar-refractivity contribution >= 4 is 23.2 Å². The van der Waals surface area contributed by atoms with Gasteiger partial charge < -0.3 is 10.6 Å².